The third kappa shape index (κ3) is 1.30. The second kappa shape index (κ2) is 3.21. The Bertz CT molecular complexity index is 193. The Morgan fingerprint density at radius 2 is 2.00 bits per heavy atom. The van der Waals surface area contributed by atoms with Crippen LogP contribution in [0.15, 0.2) is 0 Å². The fourth-order valence-electron chi connectivity index (χ4n) is 2.68. The topological polar surface area (TPSA) is 29.3 Å². The predicted octanol–water partition coefficient (Wildman–Crippen LogP) is 1.49. The normalized spacial score (nSPS) is 34.8. The Hall–Kier alpha value is -0.310. The van der Waals surface area contributed by atoms with Crippen LogP contribution >= 0.6 is 12.2 Å². The highest BCUT2D eigenvalue weighted by Crippen LogP contribution is 2.35. The van der Waals surface area contributed by atoms with Crippen molar-refractivity contribution in [3.63, 3.8) is 0 Å². The van der Waals surface area contributed by atoms with Crippen molar-refractivity contribution in [1.82, 2.24) is 4.90 Å². The molecule has 1 aliphatic heterocycles. The zero-order valence-corrected chi connectivity index (χ0v) is 8.15. The molecule has 1 heterocycles. The van der Waals surface area contributed by atoms with E-state index in [-0.39, 0.29) is 0 Å². The molecule has 2 atom stereocenters. The summed E-state index contributed by atoms with van der Waals surface area (Å²) >= 11 is 5.03. The maximum absolute atomic E-state index is 5.66. The van der Waals surface area contributed by atoms with E-state index < -0.39 is 0 Å². The van der Waals surface area contributed by atoms with E-state index in [9.17, 15) is 0 Å². The summed E-state index contributed by atoms with van der Waals surface area (Å²) in [6.07, 6.45) is 6.78. The zero-order valence-electron chi connectivity index (χ0n) is 7.33. The van der Waals surface area contributed by atoms with E-state index in [4.69, 9.17) is 18.0 Å². The standard InChI is InChI=1S/C9H16N2S/c10-9(12)11-6-5-7-3-1-2-4-8(7)11/h7-8H,1-6H2,(H2,10,12). The number of nitrogens with two attached hydrogens (primary N) is 1. The number of hydrogen-bond donors (Lipinski definition) is 1. The maximum atomic E-state index is 5.66. The Morgan fingerprint density at radius 1 is 1.25 bits per heavy atom. The van der Waals surface area contributed by atoms with Crippen molar-refractivity contribution < 1.29 is 0 Å². The fourth-order valence-corrected chi connectivity index (χ4v) is 2.91. The predicted molar refractivity (Wildman–Crippen MR) is 53.9 cm³/mol. The van der Waals surface area contributed by atoms with E-state index in [1.807, 2.05) is 0 Å². The molecule has 2 unspecified atom stereocenters. The molecule has 2 nitrogen and oxygen atoms in total. The van der Waals surface area contributed by atoms with Crippen molar-refractivity contribution in [2.45, 2.75) is 38.1 Å². The second-order valence-corrected chi connectivity index (χ2v) is 4.35. The van der Waals surface area contributed by atoms with Gasteiger partial charge in [-0.2, -0.15) is 0 Å². The van der Waals surface area contributed by atoms with Crippen LogP contribution in [-0.2, 0) is 0 Å². The molecule has 0 aromatic carbocycles. The van der Waals surface area contributed by atoms with Crippen molar-refractivity contribution in [3.05, 3.63) is 0 Å². The van der Waals surface area contributed by atoms with E-state index in [1.54, 1.807) is 0 Å². The van der Waals surface area contributed by atoms with Gasteiger partial charge in [-0.25, -0.2) is 0 Å². The van der Waals surface area contributed by atoms with Crippen LogP contribution in [0.3, 0.4) is 0 Å². The van der Waals surface area contributed by atoms with E-state index in [1.165, 1.54) is 32.1 Å². The van der Waals surface area contributed by atoms with Gasteiger partial charge < -0.3 is 10.6 Å². The van der Waals surface area contributed by atoms with E-state index in [0.717, 1.165) is 12.5 Å². The molecule has 0 spiro atoms. The van der Waals surface area contributed by atoms with Crippen LogP contribution in [0.1, 0.15) is 32.1 Å². The van der Waals surface area contributed by atoms with E-state index >= 15 is 0 Å². The molecule has 1 saturated carbocycles. The van der Waals surface area contributed by atoms with Crippen LogP contribution in [0.25, 0.3) is 0 Å². The zero-order chi connectivity index (χ0) is 8.55. The Labute approximate surface area is 79.1 Å². The first-order valence-corrected chi connectivity index (χ1v) is 5.26. The summed E-state index contributed by atoms with van der Waals surface area (Å²) in [5.74, 6) is 0.889. The van der Waals surface area contributed by atoms with Gasteiger partial charge in [0.05, 0.1) is 0 Å². The lowest BCUT2D eigenvalue weighted by Gasteiger charge is -2.31. The molecule has 0 aromatic heterocycles. The van der Waals surface area contributed by atoms with Gasteiger partial charge in [0.15, 0.2) is 5.11 Å². The van der Waals surface area contributed by atoms with Gasteiger partial charge in [-0.15, -0.1) is 0 Å². The minimum Gasteiger partial charge on any atom is -0.376 e. The summed E-state index contributed by atoms with van der Waals surface area (Å²) in [7, 11) is 0. The lowest BCUT2D eigenvalue weighted by Crippen LogP contribution is -2.42. The first kappa shape index (κ1) is 8.30. The van der Waals surface area contributed by atoms with Crippen molar-refractivity contribution in [2.75, 3.05) is 6.54 Å². The minimum absolute atomic E-state index is 0.615. The number of thiocarbonyl (C=S) groups is 1. The molecule has 2 rings (SSSR count). The maximum Gasteiger partial charge on any atom is 0.166 e. The number of likely N-dealkylation sites (tertiary alicyclic amines) is 1. The van der Waals surface area contributed by atoms with Crippen LogP contribution in [0.4, 0.5) is 0 Å². The first-order chi connectivity index (χ1) is 5.79. The summed E-state index contributed by atoms with van der Waals surface area (Å²) in [5, 5.41) is 0.615. The SMILES string of the molecule is NC(=S)N1CCC2CCCCC21. The average Bonchev–Trinajstić information content (AvgIpc) is 2.47. The van der Waals surface area contributed by atoms with Gasteiger partial charge in [0.1, 0.15) is 0 Å². The van der Waals surface area contributed by atoms with Gasteiger partial charge in [-0.3, -0.25) is 0 Å². The molecular formula is C9H16N2S. The largest absolute Gasteiger partial charge is 0.376 e. The number of hydrogen-bond acceptors (Lipinski definition) is 1. The molecule has 0 amide bonds. The lowest BCUT2D eigenvalue weighted by atomic mass is 9.85. The summed E-state index contributed by atoms with van der Waals surface area (Å²) < 4.78 is 0. The molecule has 0 bridgehead atoms. The lowest BCUT2D eigenvalue weighted by molar-refractivity contribution is 0.255. The molecule has 68 valence electrons. The average molecular weight is 184 g/mol. The van der Waals surface area contributed by atoms with Gasteiger partial charge >= 0.3 is 0 Å². The van der Waals surface area contributed by atoms with Gasteiger partial charge in [-0.1, -0.05) is 12.8 Å². The van der Waals surface area contributed by atoms with Crippen LogP contribution < -0.4 is 5.73 Å². The number of nitrogens with zero attached hydrogens (tertiary/aromatic N) is 1. The highest BCUT2D eigenvalue weighted by atomic mass is 32.1. The summed E-state index contributed by atoms with van der Waals surface area (Å²) in [5.41, 5.74) is 5.66. The molecule has 1 saturated heterocycles. The molecule has 3 heteroatoms. The van der Waals surface area contributed by atoms with Gasteiger partial charge in [-0.05, 0) is 37.4 Å². The first-order valence-electron chi connectivity index (χ1n) is 4.85. The monoisotopic (exact) mass is 184 g/mol. The molecular weight excluding hydrogens is 168 g/mol. The Morgan fingerprint density at radius 3 is 2.75 bits per heavy atom. The highest BCUT2D eigenvalue weighted by molar-refractivity contribution is 7.80. The molecule has 2 N–H and O–H groups in total. The molecule has 0 aromatic rings. The Balaban J connectivity index is 2.05. The molecule has 2 aliphatic rings. The summed E-state index contributed by atoms with van der Waals surface area (Å²) in [6.45, 7) is 1.10. The van der Waals surface area contributed by atoms with Gasteiger partial charge in [0.25, 0.3) is 0 Å². The smallest absolute Gasteiger partial charge is 0.166 e. The Kier molecular flexibility index (Phi) is 2.22. The molecule has 12 heavy (non-hydrogen) atoms. The summed E-state index contributed by atoms with van der Waals surface area (Å²) in [4.78, 5) is 2.24. The van der Waals surface area contributed by atoms with Crippen molar-refractivity contribution in [1.29, 1.82) is 0 Å². The van der Waals surface area contributed by atoms with Crippen LogP contribution in [-0.4, -0.2) is 22.6 Å². The number of fused-ring (bicyclic) bond motifs is 1. The second-order valence-electron chi connectivity index (χ2n) is 3.93. The quantitative estimate of drug-likeness (QED) is 0.578. The highest BCUT2D eigenvalue weighted by Gasteiger charge is 2.35. The van der Waals surface area contributed by atoms with Crippen molar-refractivity contribution >= 4 is 17.3 Å². The van der Waals surface area contributed by atoms with Crippen LogP contribution in [0.2, 0.25) is 0 Å². The van der Waals surface area contributed by atoms with E-state index in [0.29, 0.717) is 11.2 Å². The molecule has 1 aliphatic carbocycles. The third-order valence-corrected chi connectivity index (χ3v) is 3.53. The van der Waals surface area contributed by atoms with Crippen LogP contribution in [0, 0.1) is 5.92 Å². The molecule has 2 fully saturated rings. The fraction of sp³-hybridized carbons (Fsp3) is 0.889. The molecule has 0 radical (unpaired) electrons. The van der Waals surface area contributed by atoms with Gasteiger partial charge in [0.2, 0.25) is 0 Å². The summed E-state index contributed by atoms with van der Waals surface area (Å²) in [6, 6.07) is 0.691. The minimum atomic E-state index is 0.615. The van der Waals surface area contributed by atoms with Crippen molar-refractivity contribution in [2.24, 2.45) is 11.7 Å². The number of rotatable bonds is 0. The van der Waals surface area contributed by atoms with Crippen LogP contribution in [0.5, 0.6) is 0 Å². The van der Waals surface area contributed by atoms with Crippen molar-refractivity contribution in [3.8, 4) is 0 Å². The van der Waals surface area contributed by atoms with Gasteiger partial charge in [0, 0.05) is 12.6 Å². The van der Waals surface area contributed by atoms with E-state index in [2.05, 4.69) is 4.90 Å². The third-order valence-electron chi connectivity index (χ3n) is 3.29.